The van der Waals surface area contributed by atoms with E-state index >= 15 is 0 Å². The Morgan fingerprint density at radius 3 is 2.90 bits per heavy atom. The van der Waals surface area contributed by atoms with Gasteiger partial charge in [0.2, 0.25) is 0 Å². The molecule has 0 radical (unpaired) electrons. The van der Waals surface area contributed by atoms with Crippen molar-refractivity contribution in [3.05, 3.63) is 10.6 Å². The van der Waals surface area contributed by atoms with Crippen molar-refractivity contribution >= 4 is 20.7 Å². The summed E-state index contributed by atoms with van der Waals surface area (Å²) in [5, 5.41) is 4.21. The summed E-state index contributed by atoms with van der Waals surface area (Å²) in [6.07, 6.45) is 3.98. The van der Waals surface area contributed by atoms with Crippen molar-refractivity contribution in [1.82, 2.24) is 10.1 Å². The summed E-state index contributed by atoms with van der Waals surface area (Å²) >= 11 is 0. The fourth-order valence-corrected chi connectivity index (χ4v) is 1.78. The van der Waals surface area contributed by atoms with E-state index in [-0.39, 0.29) is 0 Å². The van der Waals surface area contributed by atoms with Crippen molar-refractivity contribution in [3.63, 3.8) is 0 Å². The molecular weight excluding hydrogens is 172 g/mol. The summed E-state index contributed by atoms with van der Waals surface area (Å²) in [5.41, 5.74) is 0. The molecule has 0 aliphatic rings. The van der Waals surface area contributed by atoms with Crippen LogP contribution in [0.5, 0.6) is 0 Å². The molecule has 4 nitrogen and oxygen atoms in total. The molecule has 0 fully saturated rings. The number of aromatic amines is 1. The van der Waals surface area contributed by atoms with E-state index in [1.807, 2.05) is 12.5 Å². The van der Waals surface area contributed by atoms with Crippen LogP contribution >= 0.6 is 20.7 Å². The zero-order valence-corrected chi connectivity index (χ0v) is 7.33. The van der Waals surface area contributed by atoms with Gasteiger partial charge in [0.05, 0.1) is 0 Å². The molecule has 0 aromatic carbocycles. The van der Waals surface area contributed by atoms with Gasteiger partial charge in [0.15, 0.2) is 5.16 Å². The lowest BCUT2D eigenvalue weighted by molar-refractivity contribution is 0.375. The van der Waals surface area contributed by atoms with Crippen molar-refractivity contribution in [2.75, 3.05) is 12.5 Å². The molecular formula is C4H8N2O2S2. The van der Waals surface area contributed by atoms with Crippen LogP contribution < -0.4 is 5.76 Å². The SMILES string of the molecule is CS[SH](C)c1noc(=O)[nH]1. The van der Waals surface area contributed by atoms with Crippen LogP contribution in [-0.4, -0.2) is 22.7 Å². The van der Waals surface area contributed by atoms with E-state index in [0.29, 0.717) is 5.16 Å². The molecule has 1 aromatic heterocycles. The van der Waals surface area contributed by atoms with Gasteiger partial charge in [0, 0.05) is 0 Å². The van der Waals surface area contributed by atoms with E-state index in [4.69, 9.17) is 0 Å². The van der Waals surface area contributed by atoms with Crippen LogP contribution in [0.4, 0.5) is 0 Å². The standard InChI is InChI=1S/C4H8N2O2S2/c1-9-10(2)3-5-4(7)8-6-3/h10H,1-2H3,(H,5,6,7). The van der Waals surface area contributed by atoms with Crippen molar-refractivity contribution < 1.29 is 4.52 Å². The Kier molecular flexibility index (Phi) is 2.44. The van der Waals surface area contributed by atoms with Gasteiger partial charge in [-0.2, -0.15) is 0 Å². The topological polar surface area (TPSA) is 58.9 Å². The maximum Gasteiger partial charge on any atom is 0.439 e. The molecule has 0 aliphatic heterocycles. The predicted octanol–water partition coefficient (Wildman–Crippen LogP) is 0.631. The van der Waals surface area contributed by atoms with Crippen LogP contribution in [0, 0.1) is 0 Å². The van der Waals surface area contributed by atoms with Gasteiger partial charge in [0.1, 0.15) is 0 Å². The molecule has 1 N–H and O–H groups in total. The molecule has 1 rings (SSSR count). The molecule has 6 heteroatoms. The van der Waals surface area contributed by atoms with Gasteiger partial charge in [-0.1, -0.05) is 0 Å². The number of H-pyrrole nitrogens is 1. The van der Waals surface area contributed by atoms with E-state index < -0.39 is 15.7 Å². The zero-order valence-electron chi connectivity index (χ0n) is 5.62. The van der Waals surface area contributed by atoms with Gasteiger partial charge >= 0.3 is 5.76 Å². The minimum absolute atomic E-state index is 0.396. The average Bonchev–Trinajstić information content (AvgIpc) is 2.34. The fourth-order valence-electron chi connectivity index (χ4n) is 0.444. The molecule has 1 atom stereocenters. The second kappa shape index (κ2) is 3.16. The summed E-state index contributed by atoms with van der Waals surface area (Å²) in [4.78, 5) is 12.9. The van der Waals surface area contributed by atoms with E-state index in [2.05, 4.69) is 14.7 Å². The van der Waals surface area contributed by atoms with Crippen molar-refractivity contribution in [1.29, 1.82) is 0 Å². The predicted molar refractivity (Wildman–Crippen MR) is 43.8 cm³/mol. The minimum Gasteiger partial charge on any atom is -0.295 e. The second-order valence-corrected chi connectivity index (χ2v) is 6.12. The third-order valence-corrected chi connectivity index (χ3v) is 4.50. The largest absolute Gasteiger partial charge is 0.439 e. The van der Waals surface area contributed by atoms with Gasteiger partial charge < -0.3 is 0 Å². The number of rotatable bonds is 2. The molecule has 58 valence electrons. The Bertz CT molecular complexity index is 256. The van der Waals surface area contributed by atoms with E-state index in [1.165, 1.54) is 0 Å². The number of nitrogens with zero attached hydrogens (tertiary/aromatic N) is 1. The van der Waals surface area contributed by atoms with Crippen LogP contribution in [0.25, 0.3) is 0 Å². The number of thiol groups is 1. The first-order valence-corrected chi connectivity index (χ1v) is 6.19. The highest BCUT2D eigenvalue weighted by Crippen LogP contribution is 2.39. The summed E-state index contributed by atoms with van der Waals surface area (Å²) in [6, 6.07) is 0. The van der Waals surface area contributed by atoms with Crippen molar-refractivity contribution in [2.24, 2.45) is 0 Å². The van der Waals surface area contributed by atoms with E-state index in [0.717, 1.165) is 0 Å². The van der Waals surface area contributed by atoms with Crippen molar-refractivity contribution in [2.45, 2.75) is 5.16 Å². The van der Waals surface area contributed by atoms with Crippen LogP contribution in [0.15, 0.2) is 14.5 Å². The first-order valence-electron chi connectivity index (χ1n) is 2.58. The maximum atomic E-state index is 10.4. The molecule has 1 unspecified atom stereocenters. The monoisotopic (exact) mass is 180 g/mol. The molecule has 0 aliphatic carbocycles. The molecule has 0 saturated carbocycles. The lowest BCUT2D eigenvalue weighted by Crippen LogP contribution is -1.94. The smallest absolute Gasteiger partial charge is 0.295 e. The molecule has 10 heavy (non-hydrogen) atoms. The Morgan fingerprint density at radius 2 is 2.50 bits per heavy atom. The number of aromatic nitrogens is 2. The van der Waals surface area contributed by atoms with Gasteiger partial charge in [-0.3, -0.25) is 9.51 Å². The summed E-state index contributed by atoms with van der Waals surface area (Å²) in [7, 11) is 1.27. The van der Waals surface area contributed by atoms with Gasteiger partial charge in [-0.05, 0) is 17.7 Å². The Hall–Kier alpha value is -0.360. The molecule has 0 spiro atoms. The first kappa shape index (κ1) is 7.74. The van der Waals surface area contributed by atoms with E-state index in [1.54, 1.807) is 10.8 Å². The zero-order chi connectivity index (χ0) is 7.56. The van der Waals surface area contributed by atoms with E-state index in [9.17, 15) is 4.79 Å². The molecule has 0 amide bonds. The Labute approximate surface area is 64.1 Å². The molecule has 1 heterocycles. The van der Waals surface area contributed by atoms with Crippen LogP contribution in [0.3, 0.4) is 0 Å². The third kappa shape index (κ3) is 1.57. The third-order valence-electron chi connectivity index (χ3n) is 1.00. The lowest BCUT2D eigenvalue weighted by atomic mass is 11.3. The number of hydrogen-bond acceptors (Lipinski definition) is 4. The lowest BCUT2D eigenvalue weighted by Gasteiger charge is -2.04. The van der Waals surface area contributed by atoms with Gasteiger partial charge in [0.25, 0.3) is 0 Å². The summed E-state index contributed by atoms with van der Waals surface area (Å²) in [5.74, 6) is -0.474. The first-order chi connectivity index (χ1) is 4.74. The Balaban J connectivity index is 2.84. The highest BCUT2D eigenvalue weighted by atomic mass is 33.1. The molecule has 0 saturated heterocycles. The molecule has 0 bridgehead atoms. The van der Waals surface area contributed by atoms with Crippen LogP contribution in [0.1, 0.15) is 0 Å². The fraction of sp³-hybridized carbons (Fsp3) is 0.500. The minimum atomic E-state index is -0.474. The Morgan fingerprint density at radius 1 is 1.80 bits per heavy atom. The van der Waals surface area contributed by atoms with Crippen molar-refractivity contribution in [3.8, 4) is 0 Å². The number of nitrogens with one attached hydrogen (secondary N) is 1. The molecule has 1 aromatic rings. The summed E-state index contributed by atoms with van der Waals surface area (Å²) in [6.45, 7) is 0. The summed E-state index contributed by atoms with van der Waals surface area (Å²) < 4.78 is 4.33. The highest BCUT2D eigenvalue weighted by Gasteiger charge is 2.03. The van der Waals surface area contributed by atoms with Crippen LogP contribution in [0.2, 0.25) is 0 Å². The quantitative estimate of drug-likeness (QED) is 0.517. The maximum absolute atomic E-state index is 10.4. The average molecular weight is 180 g/mol. The normalized spacial score (nSPS) is 15.2. The van der Waals surface area contributed by atoms with Crippen LogP contribution in [-0.2, 0) is 0 Å². The van der Waals surface area contributed by atoms with Gasteiger partial charge in [-0.25, -0.2) is 4.79 Å². The number of hydrogen-bond donors (Lipinski definition) is 2. The van der Waals surface area contributed by atoms with Gasteiger partial charge in [-0.15, -0.1) is 20.7 Å². The second-order valence-electron chi connectivity index (χ2n) is 1.60. The highest BCUT2D eigenvalue weighted by molar-refractivity contribution is 8.84.